The molecule has 0 aliphatic carbocycles. The molecule has 2 N–H and O–H groups in total. The maximum absolute atomic E-state index is 12.5. The Morgan fingerprint density at radius 2 is 1.57 bits per heavy atom. The van der Waals surface area contributed by atoms with Crippen LogP contribution >= 0.6 is 23.7 Å². The number of benzene rings is 1. The van der Waals surface area contributed by atoms with Crippen molar-refractivity contribution in [3.63, 3.8) is 0 Å². The second-order valence-corrected chi connectivity index (χ2v) is 5.96. The molecule has 3 rings (SSSR count). The molecule has 1 aliphatic rings. The summed E-state index contributed by atoms with van der Waals surface area (Å²) in [5.74, 6) is -0.0340. The first-order valence-electron chi connectivity index (χ1n) is 7.12. The van der Waals surface area contributed by atoms with Crippen molar-refractivity contribution in [1.29, 1.82) is 0 Å². The molecule has 1 aromatic carbocycles. The molecule has 0 atom stereocenters. The van der Waals surface area contributed by atoms with Crippen LogP contribution in [0.3, 0.4) is 0 Å². The lowest BCUT2D eigenvalue weighted by molar-refractivity contribution is 0.0536. The standard InChI is InChI=1S/C16H17N3O2S.ClH/c17-14-4-2-1-3-13(14)16(21)19-8-6-18(7-9-19)15(20)12-5-10-22-11-12;/h1-5,10-11H,6-9,17H2;1H. The third-order valence-corrected chi connectivity index (χ3v) is 4.50. The van der Waals surface area contributed by atoms with Gasteiger partial charge in [-0.1, -0.05) is 12.1 Å². The maximum Gasteiger partial charge on any atom is 0.256 e. The minimum Gasteiger partial charge on any atom is -0.398 e. The number of anilines is 1. The number of hydrogen-bond acceptors (Lipinski definition) is 4. The third kappa shape index (κ3) is 3.65. The Kier molecular flexibility index (Phi) is 5.63. The zero-order chi connectivity index (χ0) is 15.5. The molecule has 0 unspecified atom stereocenters. The van der Waals surface area contributed by atoms with Gasteiger partial charge in [-0.25, -0.2) is 0 Å². The van der Waals surface area contributed by atoms with E-state index < -0.39 is 0 Å². The fourth-order valence-electron chi connectivity index (χ4n) is 2.54. The number of para-hydroxylation sites is 1. The van der Waals surface area contributed by atoms with Crippen LogP contribution < -0.4 is 5.73 Å². The normalized spacial score (nSPS) is 14.3. The minimum absolute atomic E-state index is 0. The van der Waals surface area contributed by atoms with Crippen LogP contribution in [0.4, 0.5) is 5.69 Å². The van der Waals surface area contributed by atoms with E-state index in [1.165, 1.54) is 11.3 Å². The highest BCUT2D eigenvalue weighted by Gasteiger charge is 2.26. The van der Waals surface area contributed by atoms with Gasteiger partial charge in [-0.3, -0.25) is 9.59 Å². The molecule has 1 fully saturated rings. The molecular weight excluding hydrogens is 334 g/mol. The Bertz CT molecular complexity index is 682. The van der Waals surface area contributed by atoms with Gasteiger partial charge < -0.3 is 15.5 Å². The van der Waals surface area contributed by atoms with E-state index in [1.54, 1.807) is 28.0 Å². The van der Waals surface area contributed by atoms with Gasteiger partial charge in [0.05, 0.1) is 11.1 Å². The van der Waals surface area contributed by atoms with E-state index in [0.29, 0.717) is 37.4 Å². The largest absolute Gasteiger partial charge is 0.398 e. The predicted octanol–water partition coefficient (Wildman–Crippen LogP) is 2.35. The fourth-order valence-corrected chi connectivity index (χ4v) is 3.17. The molecule has 1 aromatic heterocycles. The molecule has 2 aromatic rings. The van der Waals surface area contributed by atoms with Gasteiger partial charge in [-0.15, -0.1) is 12.4 Å². The lowest BCUT2D eigenvalue weighted by atomic mass is 10.1. The highest BCUT2D eigenvalue weighted by molar-refractivity contribution is 7.08. The zero-order valence-corrected chi connectivity index (χ0v) is 14.1. The van der Waals surface area contributed by atoms with E-state index in [4.69, 9.17) is 5.73 Å². The highest BCUT2D eigenvalue weighted by Crippen LogP contribution is 2.16. The number of hydrogen-bond donors (Lipinski definition) is 1. The summed E-state index contributed by atoms with van der Waals surface area (Å²) >= 11 is 1.51. The molecule has 0 spiro atoms. The Hall–Kier alpha value is -2.05. The quantitative estimate of drug-likeness (QED) is 0.844. The van der Waals surface area contributed by atoms with Crippen LogP contribution in [0.25, 0.3) is 0 Å². The van der Waals surface area contributed by atoms with Crippen molar-refractivity contribution in [2.75, 3.05) is 31.9 Å². The van der Waals surface area contributed by atoms with E-state index >= 15 is 0 Å². The number of carbonyl (C=O) groups is 2. The van der Waals surface area contributed by atoms with Gasteiger partial charge in [0.15, 0.2) is 0 Å². The summed E-state index contributed by atoms with van der Waals surface area (Å²) in [6.07, 6.45) is 0. The molecule has 5 nitrogen and oxygen atoms in total. The van der Waals surface area contributed by atoms with E-state index in [1.807, 2.05) is 22.9 Å². The second kappa shape index (κ2) is 7.48. The minimum atomic E-state index is -0.0688. The van der Waals surface area contributed by atoms with E-state index in [9.17, 15) is 9.59 Å². The van der Waals surface area contributed by atoms with E-state index in [2.05, 4.69) is 0 Å². The molecule has 7 heteroatoms. The Morgan fingerprint density at radius 3 is 2.13 bits per heavy atom. The van der Waals surface area contributed by atoms with Gasteiger partial charge in [0, 0.05) is 37.2 Å². The first-order valence-corrected chi connectivity index (χ1v) is 8.06. The number of thiophene rings is 1. The average Bonchev–Trinajstić information content (AvgIpc) is 3.09. The van der Waals surface area contributed by atoms with Crippen molar-refractivity contribution < 1.29 is 9.59 Å². The number of carbonyl (C=O) groups excluding carboxylic acids is 2. The Labute approximate surface area is 145 Å². The number of nitrogen functional groups attached to an aromatic ring is 1. The average molecular weight is 352 g/mol. The highest BCUT2D eigenvalue weighted by atomic mass is 35.5. The van der Waals surface area contributed by atoms with Gasteiger partial charge in [0.1, 0.15) is 0 Å². The van der Waals surface area contributed by atoms with Crippen LogP contribution in [0, 0.1) is 0 Å². The van der Waals surface area contributed by atoms with Gasteiger partial charge >= 0.3 is 0 Å². The van der Waals surface area contributed by atoms with Crippen molar-refractivity contribution in [2.45, 2.75) is 0 Å². The molecule has 2 amide bonds. The van der Waals surface area contributed by atoms with Crippen LogP contribution in [0.1, 0.15) is 20.7 Å². The Balaban J connectivity index is 0.00000192. The zero-order valence-electron chi connectivity index (χ0n) is 12.5. The van der Waals surface area contributed by atoms with Crippen molar-refractivity contribution in [3.05, 3.63) is 52.2 Å². The van der Waals surface area contributed by atoms with E-state index in [-0.39, 0.29) is 24.2 Å². The molecule has 0 radical (unpaired) electrons. The monoisotopic (exact) mass is 351 g/mol. The summed E-state index contributed by atoms with van der Waals surface area (Å²) in [4.78, 5) is 28.3. The lowest BCUT2D eigenvalue weighted by Gasteiger charge is -2.34. The van der Waals surface area contributed by atoms with E-state index in [0.717, 1.165) is 5.56 Å². The molecule has 2 heterocycles. The number of rotatable bonds is 2. The molecular formula is C16H18ClN3O2S. The predicted molar refractivity (Wildman–Crippen MR) is 94.2 cm³/mol. The van der Waals surface area contributed by atoms with Crippen LogP contribution in [0.5, 0.6) is 0 Å². The van der Waals surface area contributed by atoms with Crippen LogP contribution in [0.2, 0.25) is 0 Å². The number of amides is 2. The van der Waals surface area contributed by atoms with Crippen molar-refractivity contribution in [3.8, 4) is 0 Å². The number of nitrogens with zero attached hydrogens (tertiary/aromatic N) is 2. The Morgan fingerprint density at radius 1 is 0.957 bits per heavy atom. The molecule has 1 saturated heterocycles. The van der Waals surface area contributed by atoms with Crippen LogP contribution in [0.15, 0.2) is 41.1 Å². The topological polar surface area (TPSA) is 66.6 Å². The second-order valence-electron chi connectivity index (χ2n) is 5.18. The smallest absolute Gasteiger partial charge is 0.256 e. The SMILES string of the molecule is Cl.Nc1ccccc1C(=O)N1CCN(C(=O)c2ccsc2)CC1. The number of nitrogens with two attached hydrogens (primary N) is 1. The van der Waals surface area contributed by atoms with Crippen LogP contribution in [-0.4, -0.2) is 47.8 Å². The first-order chi connectivity index (χ1) is 10.7. The fraction of sp³-hybridized carbons (Fsp3) is 0.250. The summed E-state index contributed by atoms with van der Waals surface area (Å²) in [5.41, 5.74) is 7.59. The summed E-state index contributed by atoms with van der Waals surface area (Å²) < 4.78 is 0. The van der Waals surface area contributed by atoms with Crippen molar-refractivity contribution >= 4 is 41.2 Å². The molecule has 23 heavy (non-hydrogen) atoms. The summed E-state index contributed by atoms with van der Waals surface area (Å²) in [7, 11) is 0. The first kappa shape index (κ1) is 17.3. The van der Waals surface area contributed by atoms with Crippen molar-refractivity contribution in [1.82, 2.24) is 9.80 Å². The molecule has 122 valence electrons. The summed E-state index contributed by atoms with van der Waals surface area (Å²) in [6.45, 7) is 2.16. The molecule has 0 bridgehead atoms. The molecule has 1 aliphatic heterocycles. The van der Waals surface area contributed by atoms with Gasteiger partial charge in [-0.2, -0.15) is 11.3 Å². The third-order valence-electron chi connectivity index (χ3n) is 3.81. The van der Waals surface area contributed by atoms with Crippen molar-refractivity contribution in [2.24, 2.45) is 0 Å². The lowest BCUT2D eigenvalue weighted by Crippen LogP contribution is -2.50. The molecule has 0 saturated carbocycles. The van der Waals surface area contributed by atoms with Crippen LogP contribution in [-0.2, 0) is 0 Å². The maximum atomic E-state index is 12.5. The summed E-state index contributed by atoms with van der Waals surface area (Å²) in [6, 6.07) is 8.91. The van der Waals surface area contributed by atoms with Gasteiger partial charge in [-0.05, 0) is 23.6 Å². The summed E-state index contributed by atoms with van der Waals surface area (Å²) in [5, 5.41) is 3.75. The van der Waals surface area contributed by atoms with Gasteiger partial charge in [0.25, 0.3) is 11.8 Å². The number of piperazine rings is 1. The number of halogens is 1. The van der Waals surface area contributed by atoms with Gasteiger partial charge in [0.2, 0.25) is 0 Å².